The van der Waals surface area contributed by atoms with Crippen molar-refractivity contribution in [2.24, 2.45) is 5.10 Å². The van der Waals surface area contributed by atoms with Crippen molar-refractivity contribution in [1.29, 1.82) is 0 Å². The summed E-state index contributed by atoms with van der Waals surface area (Å²) >= 11 is 1.58. The van der Waals surface area contributed by atoms with Gasteiger partial charge in [0.05, 0.1) is 6.21 Å². The summed E-state index contributed by atoms with van der Waals surface area (Å²) in [6, 6.07) is 12.0. The summed E-state index contributed by atoms with van der Waals surface area (Å²) in [5, 5.41) is 7.10. The van der Waals surface area contributed by atoms with Crippen molar-refractivity contribution in [3.8, 4) is 0 Å². The maximum atomic E-state index is 11.8. The minimum atomic E-state index is -0.0758. The zero-order valence-electron chi connectivity index (χ0n) is 11.4. The Hall–Kier alpha value is -2.40. The van der Waals surface area contributed by atoms with Gasteiger partial charge in [0.2, 0.25) is 5.91 Å². The smallest absolute Gasteiger partial charge is 0.240 e. The van der Waals surface area contributed by atoms with E-state index >= 15 is 0 Å². The second kappa shape index (κ2) is 6.37. The first kappa shape index (κ1) is 13.6. The zero-order chi connectivity index (χ0) is 14.5. The first-order chi connectivity index (χ1) is 10.3. The van der Waals surface area contributed by atoms with Gasteiger partial charge in [-0.15, -0.1) is 11.3 Å². The van der Waals surface area contributed by atoms with Crippen LogP contribution < -0.4 is 5.43 Å². The van der Waals surface area contributed by atoms with Crippen LogP contribution in [0.25, 0.3) is 10.9 Å². The van der Waals surface area contributed by atoms with Crippen LogP contribution in [0.2, 0.25) is 0 Å². The number of hydrogen-bond acceptors (Lipinski definition) is 3. The van der Waals surface area contributed by atoms with Crippen molar-refractivity contribution in [3.63, 3.8) is 0 Å². The standard InChI is InChI=1S/C16H15N3OS/c20-16(19-18-11-13-4-3-9-21-13)8-7-12-10-17-15-6-2-1-5-14(12)15/h1-6,9-11,17H,7-8H2,(H,19,20)/b18-11+. The number of aromatic nitrogens is 1. The maximum absolute atomic E-state index is 11.8. The Morgan fingerprint density at radius 2 is 2.19 bits per heavy atom. The topological polar surface area (TPSA) is 57.2 Å². The fourth-order valence-corrected chi connectivity index (χ4v) is 2.76. The summed E-state index contributed by atoms with van der Waals surface area (Å²) in [5.41, 5.74) is 4.81. The van der Waals surface area contributed by atoms with Crippen molar-refractivity contribution in [3.05, 3.63) is 58.4 Å². The molecule has 0 bridgehead atoms. The van der Waals surface area contributed by atoms with E-state index in [1.807, 2.05) is 41.9 Å². The molecular weight excluding hydrogens is 282 g/mol. The minimum Gasteiger partial charge on any atom is -0.361 e. The summed E-state index contributed by atoms with van der Waals surface area (Å²) < 4.78 is 0. The van der Waals surface area contributed by atoms with Gasteiger partial charge in [0, 0.05) is 28.4 Å². The number of para-hydroxylation sites is 1. The number of hydrogen-bond donors (Lipinski definition) is 2. The molecule has 2 aromatic heterocycles. The van der Waals surface area contributed by atoms with Crippen LogP contribution >= 0.6 is 11.3 Å². The van der Waals surface area contributed by atoms with Crippen LogP contribution in [0.1, 0.15) is 16.9 Å². The number of hydrazone groups is 1. The molecule has 0 aliphatic heterocycles. The molecule has 0 radical (unpaired) electrons. The largest absolute Gasteiger partial charge is 0.361 e. The van der Waals surface area contributed by atoms with Gasteiger partial charge in [0.15, 0.2) is 0 Å². The predicted octanol–water partition coefficient (Wildman–Crippen LogP) is 3.31. The highest BCUT2D eigenvalue weighted by Crippen LogP contribution is 2.18. The number of aromatic amines is 1. The number of carbonyl (C=O) groups excluding carboxylic acids is 1. The first-order valence-corrected chi connectivity index (χ1v) is 7.61. The number of benzene rings is 1. The second-order valence-electron chi connectivity index (χ2n) is 4.67. The van der Waals surface area contributed by atoms with Crippen LogP contribution in [0.15, 0.2) is 53.1 Å². The molecule has 0 aliphatic rings. The van der Waals surface area contributed by atoms with Gasteiger partial charge in [0.25, 0.3) is 0 Å². The lowest BCUT2D eigenvalue weighted by molar-refractivity contribution is -0.121. The zero-order valence-corrected chi connectivity index (χ0v) is 12.2. The molecular formula is C16H15N3OS. The number of fused-ring (bicyclic) bond motifs is 1. The molecule has 0 saturated carbocycles. The third-order valence-electron chi connectivity index (χ3n) is 3.22. The van der Waals surface area contributed by atoms with Gasteiger partial charge in [-0.1, -0.05) is 24.3 Å². The summed E-state index contributed by atoms with van der Waals surface area (Å²) in [5.74, 6) is -0.0758. The van der Waals surface area contributed by atoms with Gasteiger partial charge in [0.1, 0.15) is 0 Å². The quantitative estimate of drug-likeness (QED) is 0.551. The fraction of sp³-hybridized carbons (Fsp3) is 0.125. The average molecular weight is 297 g/mol. The molecule has 5 heteroatoms. The summed E-state index contributed by atoms with van der Waals surface area (Å²) in [6.07, 6.45) is 4.75. The molecule has 106 valence electrons. The molecule has 3 rings (SSSR count). The number of nitrogens with one attached hydrogen (secondary N) is 2. The Kier molecular flexibility index (Phi) is 4.12. The van der Waals surface area contributed by atoms with E-state index in [0.717, 1.165) is 16.0 Å². The van der Waals surface area contributed by atoms with Gasteiger partial charge in [-0.3, -0.25) is 4.79 Å². The number of amides is 1. The van der Waals surface area contributed by atoms with Crippen LogP contribution in [0, 0.1) is 0 Å². The molecule has 3 aromatic rings. The van der Waals surface area contributed by atoms with Gasteiger partial charge in [-0.25, -0.2) is 5.43 Å². The van der Waals surface area contributed by atoms with Crippen molar-refractivity contribution < 1.29 is 4.79 Å². The SMILES string of the molecule is O=C(CCc1c[nH]c2ccccc12)N/N=C/c1cccs1. The van der Waals surface area contributed by atoms with Crippen molar-refractivity contribution in [2.45, 2.75) is 12.8 Å². The molecule has 0 spiro atoms. The predicted molar refractivity (Wildman–Crippen MR) is 86.7 cm³/mol. The minimum absolute atomic E-state index is 0.0758. The average Bonchev–Trinajstić information content (AvgIpc) is 3.14. The fourth-order valence-electron chi connectivity index (χ4n) is 2.18. The lowest BCUT2D eigenvalue weighted by atomic mass is 10.1. The maximum Gasteiger partial charge on any atom is 0.240 e. The van der Waals surface area contributed by atoms with Gasteiger partial charge in [-0.05, 0) is 29.5 Å². The Bertz CT molecular complexity index is 759. The number of thiophene rings is 1. The number of nitrogens with zero attached hydrogens (tertiary/aromatic N) is 1. The molecule has 1 aromatic carbocycles. The van der Waals surface area contributed by atoms with Crippen molar-refractivity contribution in [2.75, 3.05) is 0 Å². The molecule has 21 heavy (non-hydrogen) atoms. The number of H-pyrrole nitrogens is 1. The Morgan fingerprint density at radius 1 is 1.29 bits per heavy atom. The molecule has 0 aliphatic carbocycles. The third-order valence-corrected chi connectivity index (χ3v) is 4.03. The van der Waals surface area contributed by atoms with E-state index in [2.05, 4.69) is 21.6 Å². The van der Waals surface area contributed by atoms with E-state index < -0.39 is 0 Å². The van der Waals surface area contributed by atoms with Crippen LogP contribution in [0.3, 0.4) is 0 Å². The monoisotopic (exact) mass is 297 g/mol. The van der Waals surface area contributed by atoms with E-state index in [9.17, 15) is 4.79 Å². The Balaban J connectivity index is 1.54. The number of carbonyl (C=O) groups is 1. The molecule has 0 unspecified atom stereocenters. The normalized spacial score (nSPS) is 11.2. The molecule has 0 atom stereocenters. The van der Waals surface area contributed by atoms with Gasteiger partial charge >= 0.3 is 0 Å². The lowest BCUT2D eigenvalue weighted by Crippen LogP contribution is -2.17. The highest BCUT2D eigenvalue weighted by molar-refractivity contribution is 7.11. The Morgan fingerprint density at radius 3 is 3.05 bits per heavy atom. The van der Waals surface area contributed by atoms with E-state index in [0.29, 0.717) is 12.8 Å². The van der Waals surface area contributed by atoms with Crippen LogP contribution in [-0.4, -0.2) is 17.1 Å². The summed E-state index contributed by atoms with van der Waals surface area (Å²) in [4.78, 5) is 16.0. The molecule has 4 nitrogen and oxygen atoms in total. The van der Waals surface area contributed by atoms with Gasteiger partial charge < -0.3 is 4.98 Å². The van der Waals surface area contributed by atoms with E-state index in [1.165, 1.54) is 5.39 Å². The van der Waals surface area contributed by atoms with E-state index in [4.69, 9.17) is 0 Å². The molecule has 1 amide bonds. The Labute approximate surface area is 126 Å². The van der Waals surface area contributed by atoms with Crippen LogP contribution in [0.5, 0.6) is 0 Å². The molecule has 0 saturated heterocycles. The number of rotatable bonds is 5. The van der Waals surface area contributed by atoms with Crippen LogP contribution in [-0.2, 0) is 11.2 Å². The second-order valence-corrected chi connectivity index (χ2v) is 5.65. The number of aryl methyl sites for hydroxylation is 1. The first-order valence-electron chi connectivity index (χ1n) is 6.73. The molecule has 2 N–H and O–H groups in total. The van der Waals surface area contributed by atoms with Crippen molar-refractivity contribution in [1.82, 2.24) is 10.4 Å². The van der Waals surface area contributed by atoms with E-state index in [-0.39, 0.29) is 5.91 Å². The summed E-state index contributed by atoms with van der Waals surface area (Å²) in [6.45, 7) is 0. The van der Waals surface area contributed by atoms with Crippen molar-refractivity contribution >= 4 is 34.4 Å². The third kappa shape index (κ3) is 3.38. The molecule has 2 heterocycles. The lowest BCUT2D eigenvalue weighted by Gasteiger charge is -1.99. The molecule has 0 fully saturated rings. The highest BCUT2D eigenvalue weighted by atomic mass is 32.1. The van der Waals surface area contributed by atoms with Crippen LogP contribution in [0.4, 0.5) is 0 Å². The highest BCUT2D eigenvalue weighted by Gasteiger charge is 2.05. The summed E-state index contributed by atoms with van der Waals surface area (Å²) in [7, 11) is 0. The van der Waals surface area contributed by atoms with E-state index in [1.54, 1.807) is 17.6 Å². The van der Waals surface area contributed by atoms with Gasteiger partial charge in [-0.2, -0.15) is 5.10 Å².